The maximum absolute atomic E-state index is 13.1. The van der Waals surface area contributed by atoms with Gasteiger partial charge < -0.3 is 16.2 Å². The summed E-state index contributed by atoms with van der Waals surface area (Å²) in [4.78, 5) is 0.205. The molecule has 28 heavy (non-hydrogen) atoms. The van der Waals surface area contributed by atoms with Crippen LogP contribution in [-0.4, -0.2) is 50.1 Å². The number of nitrogens with one attached hydrogen (secondary N) is 1. The maximum atomic E-state index is 13.1. The molecule has 2 unspecified atom stereocenters. The molecule has 2 aromatic rings. The Balaban J connectivity index is 2.17. The molecule has 0 radical (unpaired) electrons. The Kier molecular flexibility index (Phi) is 8.00. The third kappa shape index (κ3) is 6.04. The number of aliphatic hydroxyl groups excluding tert-OH is 1. The van der Waals surface area contributed by atoms with Crippen LogP contribution in [0.15, 0.2) is 59.5 Å². The van der Waals surface area contributed by atoms with Crippen LogP contribution < -0.4 is 11.1 Å². The molecule has 0 fully saturated rings. The van der Waals surface area contributed by atoms with Gasteiger partial charge in [-0.05, 0) is 42.2 Å². The zero-order valence-corrected chi connectivity index (χ0v) is 17.6. The van der Waals surface area contributed by atoms with Crippen LogP contribution in [0.25, 0.3) is 0 Å². The first-order chi connectivity index (χ1) is 13.2. The van der Waals surface area contributed by atoms with Gasteiger partial charge in [-0.1, -0.05) is 44.2 Å². The van der Waals surface area contributed by atoms with Crippen molar-refractivity contribution in [2.24, 2.45) is 11.7 Å². The number of rotatable bonds is 10. The first-order valence-corrected chi connectivity index (χ1v) is 10.9. The summed E-state index contributed by atoms with van der Waals surface area (Å²) in [6.07, 6.45) is -0.487. The normalized spacial score (nSPS) is 14.2. The molecule has 0 aliphatic carbocycles. The summed E-state index contributed by atoms with van der Waals surface area (Å²) < 4.78 is 27.6. The molecule has 0 spiro atoms. The van der Waals surface area contributed by atoms with E-state index in [1.165, 1.54) is 4.31 Å². The summed E-state index contributed by atoms with van der Waals surface area (Å²) in [6.45, 7) is 4.17. The highest BCUT2D eigenvalue weighted by Crippen LogP contribution is 2.20. The Morgan fingerprint density at radius 1 is 1.04 bits per heavy atom. The van der Waals surface area contributed by atoms with Gasteiger partial charge in [-0.15, -0.1) is 0 Å². The number of hydrogen-bond donors (Lipinski definition) is 3. The largest absolute Gasteiger partial charge is 0.390 e. The Bertz CT molecular complexity index is 824. The van der Waals surface area contributed by atoms with Crippen molar-refractivity contribution in [1.29, 1.82) is 0 Å². The van der Waals surface area contributed by atoms with Crippen LogP contribution >= 0.6 is 0 Å². The van der Waals surface area contributed by atoms with Gasteiger partial charge in [-0.3, -0.25) is 0 Å². The highest BCUT2D eigenvalue weighted by molar-refractivity contribution is 7.89. The molecule has 6 nitrogen and oxygen atoms in total. The second-order valence-electron chi connectivity index (χ2n) is 7.41. The van der Waals surface area contributed by atoms with Gasteiger partial charge in [-0.2, -0.15) is 4.31 Å². The molecule has 0 heterocycles. The van der Waals surface area contributed by atoms with Crippen molar-refractivity contribution in [2.75, 3.05) is 25.5 Å². The lowest BCUT2D eigenvalue weighted by Crippen LogP contribution is -2.47. The van der Waals surface area contributed by atoms with E-state index >= 15 is 0 Å². The first kappa shape index (κ1) is 22.4. The van der Waals surface area contributed by atoms with Crippen molar-refractivity contribution in [3.05, 3.63) is 60.2 Å². The second kappa shape index (κ2) is 10.0. The molecule has 4 N–H and O–H groups in total. The summed E-state index contributed by atoms with van der Waals surface area (Å²) in [6, 6.07) is 15.7. The summed E-state index contributed by atoms with van der Waals surface area (Å²) >= 11 is 0. The fourth-order valence-electron chi connectivity index (χ4n) is 2.99. The quantitative estimate of drug-likeness (QED) is 0.564. The average Bonchev–Trinajstić information content (AvgIpc) is 2.67. The fraction of sp³-hybridized carbons (Fsp3) is 0.429. The predicted octanol–water partition coefficient (Wildman–Crippen LogP) is 2.31. The molecule has 0 bridgehead atoms. The molecule has 0 saturated carbocycles. The van der Waals surface area contributed by atoms with E-state index in [2.05, 4.69) is 5.32 Å². The first-order valence-electron chi connectivity index (χ1n) is 9.49. The van der Waals surface area contributed by atoms with Crippen LogP contribution in [0.2, 0.25) is 0 Å². The van der Waals surface area contributed by atoms with Crippen molar-refractivity contribution in [3.63, 3.8) is 0 Å². The number of benzene rings is 2. The molecule has 0 aromatic heterocycles. The highest BCUT2D eigenvalue weighted by Gasteiger charge is 2.29. The van der Waals surface area contributed by atoms with Crippen molar-refractivity contribution < 1.29 is 13.5 Å². The Morgan fingerprint density at radius 3 is 2.18 bits per heavy atom. The van der Waals surface area contributed by atoms with Crippen LogP contribution in [0.4, 0.5) is 5.69 Å². The maximum Gasteiger partial charge on any atom is 0.243 e. The van der Waals surface area contributed by atoms with Gasteiger partial charge in [0.05, 0.1) is 11.0 Å². The summed E-state index contributed by atoms with van der Waals surface area (Å²) in [5.41, 5.74) is 8.01. The van der Waals surface area contributed by atoms with Crippen molar-refractivity contribution in [3.8, 4) is 0 Å². The van der Waals surface area contributed by atoms with Gasteiger partial charge in [0.1, 0.15) is 0 Å². The smallest absolute Gasteiger partial charge is 0.243 e. The fourth-order valence-corrected chi connectivity index (χ4v) is 4.61. The van der Waals surface area contributed by atoms with Crippen LogP contribution in [0, 0.1) is 5.92 Å². The molecule has 0 saturated heterocycles. The summed E-state index contributed by atoms with van der Waals surface area (Å²) in [7, 11) is -1.96. The minimum atomic E-state index is -3.73. The molecule has 2 rings (SSSR count). The van der Waals surface area contributed by atoms with Gasteiger partial charge in [0.25, 0.3) is 0 Å². The third-order valence-corrected chi connectivity index (χ3v) is 6.39. The number of nitrogens with zero attached hydrogens (tertiary/aromatic N) is 1. The van der Waals surface area contributed by atoms with E-state index in [1.54, 1.807) is 31.3 Å². The number of aliphatic hydroxyl groups is 1. The number of hydrogen-bond acceptors (Lipinski definition) is 5. The predicted molar refractivity (Wildman–Crippen MR) is 114 cm³/mol. The summed E-state index contributed by atoms with van der Waals surface area (Å²) in [5, 5.41) is 13.6. The van der Waals surface area contributed by atoms with Crippen molar-refractivity contribution >= 4 is 15.7 Å². The van der Waals surface area contributed by atoms with Gasteiger partial charge in [0.2, 0.25) is 10.0 Å². The number of anilines is 1. The molecule has 0 aliphatic rings. The molecule has 0 aliphatic heterocycles. The highest BCUT2D eigenvalue weighted by atomic mass is 32.2. The Morgan fingerprint density at radius 2 is 1.64 bits per heavy atom. The minimum Gasteiger partial charge on any atom is -0.390 e. The zero-order valence-electron chi connectivity index (χ0n) is 16.7. The van der Waals surface area contributed by atoms with Crippen LogP contribution in [-0.2, 0) is 16.4 Å². The molecule has 2 aromatic carbocycles. The van der Waals surface area contributed by atoms with Gasteiger partial charge >= 0.3 is 0 Å². The lowest BCUT2D eigenvalue weighted by Gasteiger charge is -2.28. The summed E-state index contributed by atoms with van der Waals surface area (Å²) in [5.74, 6) is 0.115. The number of nitrogens with two attached hydrogens (primary N) is 1. The lowest BCUT2D eigenvalue weighted by atomic mass is 10.0. The number of sulfonamides is 1. The van der Waals surface area contributed by atoms with Gasteiger partial charge in [0.15, 0.2) is 0 Å². The third-order valence-electron chi connectivity index (χ3n) is 4.55. The van der Waals surface area contributed by atoms with E-state index in [0.717, 1.165) is 11.3 Å². The van der Waals surface area contributed by atoms with E-state index in [4.69, 9.17) is 5.73 Å². The van der Waals surface area contributed by atoms with Crippen LogP contribution in [0.1, 0.15) is 19.4 Å². The van der Waals surface area contributed by atoms with E-state index < -0.39 is 22.2 Å². The van der Waals surface area contributed by atoms with Gasteiger partial charge in [0, 0.05) is 31.9 Å². The minimum absolute atomic E-state index is 0.0394. The van der Waals surface area contributed by atoms with Crippen LogP contribution in [0.5, 0.6) is 0 Å². The van der Waals surface area contributed by atoms with E-state index in [1.807, 2.05) is 44.2 Å². The van der Waals surface area contributed by atoms with Crippen molar-refractivity contribution in [2.45, 2.75) is 37.3 Å². The molecular weight excluding hydrogens is 374 g/mol. The molecule has 154 valence electrons. The van der Waals surface area contributed by atoms with Crippen molar-refractivity contribution in [1.82, 2.24) is 4.31 Å². The Hall–Kier alpha value is -1.93. The average molecular weight is 406 g/mol. The Labute approximate surface area is 168 Å². The SMILES string of the molecule is CNc1ccc(S(=O)(=O)N(CC(C)C)CC(O)C(N)Cc2ccccc2)cc1. The molecule has 0 amide bonds. The lowest BCUT2D eigenvalue weighted by molar-refractivity contribution is 0.116. The zero-order chi connectivity index (χ0) is 20.7. The van der Waals surface area contributed by atoms with E-state index in [9.17, 15) is 13.5 Å². The standard InChI is InChI=1S/C21H31N3O3S/c1-16(2)14-24(28(26,27)19-11-9-18(23-3)10-12-19)15-21(25)20(22)13-17-7-5-4-6-8-17/h4-12,16,20-21,23,25H,13-15,22H2,1-3H3. The monoisotopic (exact) mass is 405 g/mol. The molecular formula is C21H31N3O3S. The van der Waals surface area contributed by atoms with E-state index in [0.29, 0.717) is 13.0 Å². The van der Waals surface area contributed by atoms with Crippen LogP contribution in [0.3, 0.4) is 0 Å². The molecule has 2 atom stereocenters. The van der Waals surface area contributed by atoms with Gasteiger partial charge in [-0.25, -0.2) is 8.42 Å². The second-order valence-corrected chi connectivity index (χ2v) is 9.35. The topological polar surface area (TPSA) is 95.7 Å². The van der Waals surface area contributed by atoms with E-state index in [-0.39, 0.29) is 17.4 Å². The molecule has 7 heteroatoms.